The molecule has 1 aliphatic carbocycles. The van der Waals surface area contributed by atoms with Crippen molar-refractivity contribution in [2.45, 2.75) is 13.0 Å². The number of rotatable bonds is 5. The highest BCUT2D eigenvalue weighted by molar-refractivity contribution is 5.72. The first-order valence-electron chi connectivity index (χ1n) is 10.1. The van der Waals surface area contributed by atoms with Crippen LogP contribution in [0.25, 0.3) is 11.0 Å². The summed E-state index contributed by atoms with van der Waals surface area (Å²) in [7, 11) is 0. The van der Waals surface area contributed by atoms with Crippen LogP contribution in [0.15, 0.2) is 52.3 Å². The number of piperidine rings is 1. The molecule has 1 saturated carbocycles. The van der Waals surface area contributed by atoms with Crippen LogP contribution >= 0.6 is 0 Å². The van der Waals surface area contributed by atoms with Crippen LogP contribution in [0.5, 0.6) is 0 Å². The maximum absolute atomic E-state index is 13.4. The van der Waals surface area contributed by atoms with Crippen LogP contribution in [0.3, 0.4) is 0 Å². The SMILES string of the molecule is O=c1c2cccnc2ncn1Cc1nc(CC2[C@H]3CN(c4cc(F)ccn4)C[C@@H]23)no1. The fraction of sp³-hybridized carbons (Fsp3) is 0.333. The molecule has 0 amide bonds. The summed E-state index contributed by atoms with van der Waals surface area (Å²) in [6.45, 7) is 1.89. The summed E-state index contributed by atoms with van der Waals surface area (Å²) >= 11 is 0. The lowest BCUT2D eigenvalue weighted by Gasteiger charge is -2.20. The highest BCUT2D eigenvalue weighted by Crippen LogP contribution is 2.53. The molecule has 0 aromatic carbocycles. The minimum absolute atomic E-state index is 0.167. The summed E-state index contributed by atoms with van der Waals surface area (Å²) in [6.07, 6.45) is 5.28. The van der Waals surface area contributed by atoms with Gasteiger partial charge in [0.05, 0.1) is 5.39 Å². The quantitative estimate of drug-likeness (QED) is 0.481. The minimum atomic E-state index is -0.265. The normalized spacial score (nSPS) is 22.1. The molecule has 0 N–H and O–H groups in total. The van der Waals surface area contributed by atoms with Crippen LogP contribution in [-0.2, 0) is 13.0 Å². The number of nitrogens with zero attached hydrogens (tertiary/aromatic N) is 7. The van der Waals surface area contributed by atoms with Crippen LogP contribution in [-0.4, -0.2) is 42.7 Å². The van der Waals surface area contributed by atoms with E-state index in [1.54, 1.807) is 18.3 Å². The number of aromatic nitrogens is 6. The lowest BCUT2D eigenvalue weighted by molar-refractivity contribution is 0.363. The first kappa shape index (κ1) is 18.1. The molecule has 0 spiro atoms. The maximum Gasteiger partial charge on any atom is 0.263 e. The van der Waals surface area contributed by atoms with E-state index in [-0.39, 0.29) is 17.9 Å². The van der Waals surface area contributed by atoms with E-state index in [1.165, 1.54) is 29.2 Å². The van der Waals surface area contributed by atoms with Gasteiger partial charge < -0.3 is 9.42 Å². The molecule has 156 valence electrons. The summed E-state index contributed by atoms with van der Waals surface area (Å²) in [4.78, 5) is 31.7. The second kappa shape index (κ2) is 6.93. The van der Waals surface area contributed by atoms with E-state index in [4.69, 9.17) is 4.52 Å². The Bertz CT molecular complexity index is 1320. The summed E-state index contributed by atoms with van der Waals surface area (Å²) in [5.41, 5.74) is 0.221. The molecule has 31 heavy (non-hydrogen) atoms. The van der Waals surface area contributed by atoms with Gasteiger partial charge in [-0.2, -0.15) is 4.98 Å². The molecular weight excluding hydrogens is 401 g/mol. The molecule has 0 bridgehead atoms. The van der Waals surface area contributed by atoms with Crippen LogP contribution in [0.1, 0.15) is 11.7 Å². The van der Waals surface area contributed by atoms with Gasteiger partial charge in [-0.1, -0.05) is 5.16 Å². The fourth-order valence-corrected chi connectivity index (χ4v) is 4.61. The molecule has 3 atom stereocenters. The molecule has 9 nitrogen and oxygen atoms in total. The molecule has 4 aromatic rings. The van der Waals surface area contributed by atoms with Crippen molar-refractivity contribution in [3.05, 3.63) is 70.9 Å². The van der Waals surface area contributed by atoms with Gasteiger partial charge in [-0.15, -0.1) is 0 Å². The third-order valence-corrected chi connectivity index (χ3v) is 6.23. The number of anilines is 1. The zero-order valence-electron chi connectivity index (χ0n) is 16.4. The Morgan fingerprint density at radius 2 is 2.00 bits per heavy atom. The molecule has 0 radical (unpaired) electrons. The van der Waals surface area contributed by atoms with Crippen LogP contribution in [0, 0.1) is 23.6 Å². The molecule has 1 aliphatic heterocycles. The smallest absolute Gasteiger partial charge is 0.263 e. The maximum atomic E-state index is 13.4. The highest BCUT2D eigenvalue weighted by Gasteiger charge is 2.56. The Morgan fingerprint density at radius 1 is 1.13 bits per heavy atom. The summed E-state index contributed by atoms with van der Waals surface area (Å²) in [5, 5.41) is 4.54. The van der Waals surface area contributed by atoms with E-state index in [0.29, 0.717) is 46.3 Å². The van der Waals surface area contributed by atoms with Gasteiger partial charge in [0, 0.05) is 38.0 Å². The van der Waals surface area contributed by atoms with Crippen molar-refractivity contribution < 1.29 is 8.91 Å². The Kier molecular flexibility index (Phi) is 4.05. The number of fused-ring (bicyclic) bond motifs is 2. The monoisotopic (exact) mass is 419 g/mol. The number of hydrogen-bond donors (Lipinski definition) is 0. The van der Waals surface area contributed by atoms with Crippen molar-refractivity contribution in [2.24, 2.45) is 17.8 Å². The van der Waals surface area contributed by atoms with Crippen LogP contribution in [0.4, 0.5) is 10.2 Å². The number of pyridine rings is 2. The predicted molar refractivity (Wildman–Crippen MR) is 108 cm³/mol. The van der Waals surface area contributed by atoms with Crippen LogP contribution in [0.2, 0.25) is 0 Å². The zero-order valence-corrected chi connectivity index (χ0v) is 16.4. The van der Waals surface area contributed by atoms with Gasteiger partial charge in [0.15, 0.2) is 11.5 Å². The van der Waals surface area contributed by atoms with Gasteiger partial charge in [-0.05, 0) is 36.0 Å². The minimum Gasteiger partial charge on any atom is -0.356 e. The molecule has 4 aromatic heterocycles. The number of halogens is 1. The van der Waals surface area contributed by atoms with Gasteiger partial charge in [0.1, 0.15) is 24.5 Å². The van der Waals surface area contributed by atoms with Gasteiger partial charge in [0.2, 0.25) is 5.89 Å². The van der Waals surface area contributed by atoms with Gasteiger partial charge in [0.25, 0.3) is 5.56 Å². The van der Waals surface area contributed by atoms with Crippen molar-refractivity contribution in [3.63, 3.8) is 0 Å². The average molecular weight is 419 g/mol. The third kappa shape index (κ3) is 3.24. The Balaban J connectivity index is 1.10. The molecule has 2 fully saturated rings. The van der Waals surface area contributed by atoms with Crippen molar-refractivity contribution in [2.75, 3.05) is 18.0 Å². The summed E-state index contributed by atoms with van der Waals surface area (Å²) < 4.78 is 20.2. The topological polar surface area (TPSA) is 103 Å². The van der Waals surface area contributed by atoms with Gasteiger partial charge in [-0.3, -0.25) is 9.36 Å². The first-order chi connectivity index (χ1) is 15.2. The Morgan fingerprint density at radius 3 is 2.84 bits per heavy atom. The average Bonchev–Trinajstić information content (AvgIpc) is 3.13. The standard InChI is InChI=1S/C21H18FN7O2/c22-12-3-5-23-18(6-12)28-8-15-14(16(15)9-28)7-17-26-19(31-27-17)10-29-11-25-20-13(21(29)30)2-1-4-24-20/h1-6,11,14-16H,7-10H2/t14?,15-,16+. The largest absolute Gasteiger partial charge is 0.356 e. The van der Waals surface area contributed by atoms with Crippen LogP contribution < -0.4 is 10.5 Å². The first-order valence-corrected chi connectivity index (χ1v) is 10.1. The van der Waals surface area contributed by atoms with Crippen molar-refractivity contribution in [1.82, 2.24) is 29.7 Å². The summed E-state index contributed by atoms with van der Waals surface area (Å²) in [5.74, 6) is 3.01. The van der Waals surface area contributed by atoms with Crippen molar-refractivity contribution >= 4 is 16.9 Å². The second-order valence-electron chi connectivity index (χ2n) is 8.09. The third-order valence-electron chi connectivity index (χ3n) is 6.23. The predicted octanol–water partition coefficient (Wildman–Crippen LogP) is 1.68. The molecule has 5 heterocycles. The number of hydrogen-bond acceptors (Lipinski definition) is 8. The van der Waals surface area contributed by atoms with E-state index < -0.39 is 0 Å². The molecule has 1 saturated heterocycles. The Labute approximate surface area is 175 Å². The lowest BCUT2D eigenvalue weighted by Crippen LogP contribution is -2.25. The fourth-order valence-electron chi connectivity index (χ4n) is 4.61. The van der Waals surface area contributed by atoms with E-state index in [2.05, 4.69) is 30.0 Å². The van der Waals surface area contributed by atoms with E-state index in [9.17, 15) is 9.18 Å². The van der Waals surface area contributed by atoms with E-state index in [0.717, 1.165) is 19.5 Å². The van der Waals surface area contributed by atoms with Gasteiger partial charge >= 0.3 is 0 Å². The van der Waals surface area contributed by atoms with Crippen molar-refractivity contribution in [3.8, 4) is 0 Å². The second-order valence-corrected chi connectivity index (χ2v) is 8.09. The molecule has 2 aliphatic rings. The van der Waals surface area contributed by atoms with Crippen molar-refractivity contribution in [1.29, 1.82) is 0 Å². The lowest BCUT2D eigenvalue weighted by atomic mass is 10.2. The molecular formula is C21H18FN7O2. The van der Waals surface area contributed by atoms with Gasteiger partial charge in [-0.25, -0.2) is 19.3 Å². The summed E-state index contributed by atoms with van der Waals surface area (Å²) in [6, 6.07) is 6.24. The molecule has 1 unspecified atom stereocenters. The zero-order chi connectivity index (χ0) is 20.9. The Hall–Kier alpha value is -3.69. The molecule has 10 heteroatoms. The molecule has 6 rings (SSSR count). The van der Waals surface area contributed by atoms with E-state index >= 15 is 0 Å². The van der Waals surface area contributed by atoms with E-state index in [1.807, 2.05) is 0 Å². The highest BCUT2D eigenvalue weighted by atomic mass is 19.1.